The highest BCUT2D eigenvalue weighted by Gasteiger charge is 2.05. The summed E-state index contributed by atoms with van der Waals surface area (Å²) in [5, 5.41) is 5.55. The third-order valence-electron chi connectivity index (χ3n) is 3.72. The van der Waals surface area contributed by atoms with Crippen molar-refractivity contribution in [3.8, 4) is 22.1 Å². The van der Waals surface area contributed by atoms with E-state index < -0.39 is 0 Å². The van der Waals surface area contributed by atoms with E-state index in [1.165, 1.54) is 19.2 Å². The fourth-order valence-electron chi connectivity index (χ4n) is 2.29. The fourth-order valence-corrected chi connectivity index (χ4v) is 3.78. The number of carbonyl (C=O) groups excluding carboxylic acids is 1. The van der Waals surface area contributed by atoms with Crippen molar-refractivity contribution >= 4 is 35.2 Å². The van der Waals surface area contributed by atoms with E-state index in [-0.39, 0.29) is 5.82 Å². The lowest BCUT2D eigenvalue weighted by Gasteiger charge is -2.08. The highest BCUT2D eigenvalue weighted by atomic mass is 32.2. The Morgan fingerprint density at radius 2 is 1.93 bits per heavy atom. The summed E-state index contributed by atoms with van der Waals surface area (Å²) in [4.78, 5) is 14.7. The molecule has 0 aliphatic rings. The Labute approximate surface area is 178 Å². The third kappa shape index (κ3) is 7.07. The highest BCUT2D eigenvalue weighted by Crippen LogP contribution is 2.28. The summed E-state index contributed by atoms with van der Waals surface area (Å²) < 4.78 is 22.8. The van der Waals surface area contributed by atoms with Gasteiger partial charge in [0.15, 0.2) is 0 Å². The Hall–Kier alpha value is -2.58. The van der Waals surface area contributed by atoms with Gasteiger partial charge in [-0.05, 0) is 42.2 Å². The van der Waals surface area contributed by atoms with Crippen molar-refractivity contribution in [2.45, 2.75) is 12.7 Å². The maximum atomic E-state index is 12.8. The second kappa shape index (κ2) is 12.1. The van der Waals surface area contributed by atoms with E-state index >= 15 is 0 Å². The van der Waals surface area contributed by atoms with Crippen molar-refractivity contribution in [1.29, 1.82) is 0 Å². The van der Waals surface area contributed by atoms with Crippen molar-refractivity contribution in [3.63, 3.8) is 0 Å². The molecule has 1 heterocycles. The van der Waals surface area contributed by atoms with Crippen LogP contribution in [0.3, 0.4) is 0 Å². The zero-order valence-corrected chi connectivity index (χ0v) is 18.1. The Morgan fingerprint density at radius 3 is 2.55 bits per heavy atom. The molecule has 2 aromatic carbocycles. The molecule has 5 nitrogen and oxygen atoms in total. The monoisotopic (exact) mass is 434 g/mol. The molecule has 0 aliphatic heterocycles. The smallest absolute Gasteiger partial charge is 0.211 e. The van der Waals surface area contributed by atoms with Gasteiger partial charge in [-0.1, -0.05) is 6.92 Å². The number of benzene rings is 2. The van der Waals surface area contributed by atoms with Crippen molar-refractivity contribution in [2.24, 2.45) is 0 Å². The molecule has 3 rings (SSSR count). The molecule has 1 N–H and O–H groups in total. The minimum atomic E-state index is -0.206. The first-order valence-electron chi connectivity index (χ1n) is 8.81. The van der Waals surface area contributed by atoms with Crippen LogP contribution in [0, 0.1) is 5.82 Å². The quantitative estimate of drug-likeness (QED) is 0.476. The first kappa shape index (κ1) is 22.7. The number of hydrogen-bond donors (Lipinski definition) is 1. The summed E-state index contributed by atoms with van der Waals surface area (Å²) in [6.07, 6.45) is 0.602. The normalized spacial score (nSPS) is 9.93. The molecule has 0 spiro atoms. The number of amides is 1. The van der Waals surface area contributed by atoms with E-state index in [9.17, 15) is 9.18 Å². The summed E-state index contributed by atoms with van der Waals surface area (Å²) >= 11 is 3.47. The van der Waals surface area contributed by atoms with Crippen molar-refractivity contribution in [3.05, 3.63) is 59.4 Å². The molecule has 0 fully saturated rings. The molecule has 0 saturated carbocycles. The van der Waals surface area contributed by atoms with Gasteiger partial charge in [0.25, 0.3) is 0 Å². The number of rotatable bonds is 8. The zero-order valence-electron chi connectivity index (χ0n) is 16.5. The first-order chi connectivity index (χ1) is 14.1. The number of carbonyl (C=O) groups is 1. The molecule has 0 aliphatic carbocycles. The van der Waals surface area contributed by atoms with Gasteiger partial charge < -0.3 is 14.8 Å². The van der Waals surface area contributed by atoms with E-state index in [0.717, 1.165) is 27.8 Å². The van der Waals surface area contributed by atoms with Gasteiger partial charge in [-0.3, -0.25) is 4.79 Å². The lowest BCUT2D eigenvalue weighted by Crippen LogP contribution is -1.97. The van der Waals surface area contributed by atoms with Crippen LogP contribution in [0.15, 0.2) is 47.8 Å². The second-order valence-corrected chi connectivity index (χ2v) is 7.75. The Morgan fingerprint density at radius 1 is 1.17 bits per heavy atom. The van der Waals surface area contributed by atoms with Crippen LogP contribution in [0.5, 0.6) is 11.5 Å². The number of halogens is 1. The van der Waals surface area contributed by atoms with Gasteiger partial charge in [0.1, 0.15) is 22.3 Å². The number of hydrogen-bond acceptors (Lipinski definition) is 6. The van der Waals surface area contributed by atoms with E-state index in [4.69, 9.17) is 9.47 Å². The molecule has 3 aromatic rings. The summed E-state index contributed by atoms with van der Waals surface area (Å²) in [5.74, 6) is 3.11. The molecule has 0 atom stereocenters. The summed E-state index contributed by atoms with van der Waals surface area (Å²) in [6, 6.07) is 11.6. The average Bonchev–Trinajstić information content (AvgIpc) is 3.22. The lowest BCUT2D eigenvalue weighted by atomic mass is 10.2. The first-order valence-corrected chi connectivity index (χ1v) is 10.8. The standard InChI is InChI=1S/C12H12FNS2.C9H11NO3/c1-2-15-7-11-8-16-12(14-11)9-3-5-10(13)6-4-9;1-12-7-3-4-8(10-6-11)9(5-7)13-2/h3-6,8H,2,7H2,1H3;3-6H,1-2H3,(H,10,11). The predicted octanol–water partition coefficient (Wildman–Crippen LogP) is 5.47. The van der Waals surface area contributed by atoms with Crippen LogP contribution in [0.2, 0.25) is 0 Å². The van der Waals surface area contributed by atoms with Crippen LogP contribution in [0.1, 0.15) is 12.6 Å². The number of nitrogens with zero attached hydrogens (tertiary/aromatic N) is 1. The molecule has 0 unspecified atom stereocenters. The van der Waals surface area contributed by atoms with E-state index in [1.807, 2.05) is 11.8 Å². The van der Waals surface area contributed by atoms with Crippen LogP contribution in [0.25, 0.3) is 10.6 Å². The highest BCUT2D eigenvalue weighted by molar-refractivity contribution is 7.98. The zero-order chi connectivity index (χ0) is 21.1. The summed E-state index contributed by atoms with van der Waals surface area (Å²) in [7, 11) is 3.10. The van der Waals surface area contributed by atoms with Crippen molar-refractivity contribution < 1.29 is 18.7 Å². The predicted molar refractivity (Wildman–Crippen MR) is 119 cm³/mol. The lowest BCUT2D eigenvalue weighted by molar-refractivity contribution is -0.105. The number of methoxy groups -OCH3 is 2. The Kier molecular flexibility index (Phi) is 9.46. The molecule has 1 amide bonds. The van der Waals surface area contributed by atoms with Gasteiger partial charge >= 0.3 is 0 Å². The largest absolute Gasteiger partial charge is 0.497 e. The molecule has 8 heteroatoms. The second-order valence-electron chi connectivity index (χ2n) is 5.62. The van der Waals surface area contributed by atoms with E-state index in [2.05, 4.69) is 22.6 Å². The van der Waals surface area contributed by atoms with Gasteiger partial charge in [0, 0.05) is 22.8 Å². The van der Waals surface area contributed by atoms with Gasteiger partial charge in [0.05, 0.1) is 25.6 Å². The fraction of sp³-hybridized carbons (Fsp3) is 0.238. The number of ether oxygens (including phenoxy) is 2. The maximum absolute atomic E-state index is 12.8. The molecule has 0 bridgehead atoms. The van der Waals surface area contributed by atoms with Gasteiger partial charge in [0.2, 0.25) is 6.41 Å². The van der Waals surface area contributed by atoms with Gasteiger partial charge in [-0.15, -0.1) is 11.3 Å². The van der Waals surface area contributed by atoms with E-state index in [1.54, 1.807) is 48.8 Å². The molecule has 0 saturated heterocycles. The van der Waals surface area contributed by atoms with Crippen LogP contribution < -0.4 is 14.8 Å². The van der Waals surface area contributed by atoms with Crippen LogP contribution in [0.4, 0.5) is 10.1 Å². The third-order valence-corrected chi connectivity index (χ3v) is 5.57. The van der Waals surface area contributed by atoms with Crippen molar-refractivity contribution in [1.82, 2.24) is 4.98 Å². The Bertz CT molecular complexity index is 901. The number of anilines is 1. The van der Waals surface area contributed by atoms with Gasteiger partial charge in [-0.25, -0.2) is 9.37 Å². The number of thioether (sulfide) groups is 1. The number of nitrogens with one attached hydrogen (secondary N) is 1. The average molecular weight is 435 g/mol. The van der Waals surface area contributed by atoms with Crippen LogP contribution >= 0.6 is 23.1 Å². The molecule has 29 heavy (non-hydrogen) atoms. The minimum Gasteiger partial charge on any atom is -0.497 e. The SMILES string of the molecule is CCSCc1csc(-c2ccc(F)cc2)n1.COc1ccc(NC=O)c(OC)c1. The summed E-state index contributed by atoms with van der Waals surface area (Å²) in [5.41, 5.74) is 2.72. The number of thiazole rings is 1. The van der Waals surface area contributed by atoms with Gasteiger partial charge in [-0.2, -0.15) is 11.8 Å². The molecular formula is C21H23FN2O3S2. The van der Waals surface area contributed by atoms with Crippen LogP contribution in [-0.2, 0) is 10.5 Å². The number of aromatic nitrogens is 1. The molecular weight excluding hydrogens is 411 g/mol. The van der Waals surface area contributed by atoms with Crippen molar-refractivity contribution in [2.75, 3.05) is 25.3 Å². The minimum absolute atomic E-state index is 0.206. The molecule has 0 radical (unpaired) electrons. The van der Waals surface area contributed by atoms with E-state index in [0.29, 0.717) is 23.6 Å². The molecule has 1 aromatic heterocycles. The molecule has 154 valence electrons. The topological polar surface area (TPSA) is 60.5 Å². The Balaban J connectivity index is 0.000000212. The van der Waals surface area contributed by atoms with Crippen LogP contribution in [-0.4, -0.2) is 31.4 Å². The maximum Gasteiger partial charge on any atom is 0.211 e. The summed E-state index contributed by atoms with van der Waals surface area (Å²) in [6.45, 7) is 2.14.